The van der Waals surface area contributed by atoms with Crippen molar-refractivity contribution in [2.24, 2.45) is 5.41 Å². The summed E-state index contributed by atoms with van der Waals surface area (Å²) in [6, 6.07) is 5.97. The number of rotatable bonds is 2. The topological polar surface area (TPSA) is 9.23 Å². The van der Waals surface area contributed by atoms with E-state index < -0.39 is 0 Å². The van der Waals surface area contributed by atoms with Crippen molar-refractivity contribution in [2.45, 2.75) is 50.5 Å². The van der Waals surface area contributed by atoms with Gasteiger partial charge in [-0.25, -0.2) is 0 Å². The predicted octanol–water partition coefficient (Wildman–Crippen LogP) is 4.97. The van der Waals surface area contributed by atoms with E-state index in [9.17, 15) is 0 Å². The Kier molecular flexibility index (Phi) is 3.23. The van der Waals surface area contributed by atoms with Gasteiger partial charge in [-0.15, -0.1) is 11.6 Å². The number of aryl methyl sites for hydroxylation is 1. The predicted molar refractivity (Wildman–Crippen MR) is 75.8 cm³/mol. The van der Waals surface area contributed by atoms with Gasteiger partial charge < -0.3 is 4.74 Å². The van der Waals surface area contributed by atoms with Gasteiger partial charge in [-0.3, -0.25) is 0 Å². The van der Waals surface area contributed by atoms with Crippen LogP contribution in [0.2, 0.25) is 5.02 Å². The van der Waals surface area contributed by atoms with Gasteiger partial charge in [0.15, 0.2) is 0 Å². The average Bonchev–Trinajstić information content (AvgIpc) is 2.83. The maximum atomic E-state index is 6.43. The molecule has 1 aromatic rings. The second-order valence-corrected chi connectivity index (χ2v) is 6.62. The fourth-order valence-corrected chi connectivity index (χ4v) is 4.19. The standard InChI is InChI=1S/C15H18Cl2O/c1-10-4-5-12(11(16)8-10)18-14-9-13(17)15(14)6-2-3-7-15/h4-5,8,13-14H,2-3,6-7,9H2,1H3. The van der Waals surface area contributed by atoms with Crippen molar-refractivity contribution in [1.29, 1.82) is 0 Å². The zero-order valence-electron chi connectivity index (χ0n) is 10.6. The van der Waals surface area contributed by atoms with Crippen molar-refractivity contribution >= 4 is 23.2 Å². The molecule has 0 aromatic heterocycles. The monoisotopic (exact) mass is 284 g/mol. The summed E-state index contributed by atoms with van der Waals surface area (Å²) < 4.78 is 6.13. The van der Waals surface area contributed by atoms with Gasteiger partial charge in [-0.05, 0) is 37.5 Å². The maximum Gasteiger partial charge on any atom is 0.138 e. The van der Waals surface area contributed by atoms with Crippen LogP contribution in [-0.2, 0) is 0 Å². The molecule has 0 saturated heterocycles. The molecule has 1 spiro atoms. The van der Waals surface area contributed by atoms with Gasteiger partial charge in [0, 0.05) is 17.2 Å². The van der Waals surface area contributed by atoms with Gasteiger partial charge in [0.25, 0.3) is 0 Å². The van der Waals surface area contributed by atoms with Gasteiger partial charge in [0.1, 0.15) is 11.9 Å². The Morgan fingerprint density at radius 3 is 2.61 bits per heavy atom. The largest absolute Gasteiger partial charge is 0.488 e. The maximum absolute atomic E-state index is 6.43. The van der Waals surface area contributed by atoms with E-state index in [4.69, 9.17) is 27.9 Å². The van der Waals surface area contributed by atoms with Gasteiger partial charge >= 0.3 is 0 Å². The number of hydrogen-bond donors (Lipinski definition) is 0. The van der Waals surface area contributed by atoms with Crippen molar-refractivity contribution in [3.8, 4) is 5.75 Å². The van der Waals surface area contributed by atoms with Gasteiger partial charge in [-0.2, -0.15) is 0 Å². The van der Waals surface area contributed by atoms with Crippen LogP contribution in [0.4, 0.5) is 0 Å². The second kappa shape index (κ2) is 4.61. The Hall–Kier alpha value is -0.400. The van der Waals surface area contributed by atoms with E-state index in [-0.39, 0.29) is 16.9 Å². The molecule has 0 N–H and O–H groups in total. The lowest BCUT2D eigenvalue weighted by molar-refractivity contribution is -0.0354. The van der Waals surface area contributed by atoms with E-state index in [1.54, 1.807) is 0 Å². The lowest BCUT2D eigenvalue weighted by atomic mass is 9.64. The fourth-order valence-electron chi connectivity index (χ4n) is 3.39. The van der Waals surface area contributed by atoms with Crippen molar-refractivity contribution in [3.63, 3.8) is 0 Å². The number of hydrogen-bond acceptors (Lipinski definition) is 1. The Labute approximate surface area is 118 Å². The molecule has 0 amide bonds. The normalized spacial score (nSPS) is 29.3. The third kappa shape index (κ3) is 1.92. The molecule has 2 aliphatic carbocycles. The highest BCUT2D eigenvalue weighted by molar-refractivity contribution is 6.32. The Bertz CT molecular complexity index is 452. The molecule has 98 valence electrons. The zero-order valence-corrected chi connectivity index (χ0v) is 12.1. The minimum Gasteiger partial charge on any atom is -0.488 e. The molecule has 18 heavy (non-hydrogen) atoms. The first-order valence-corrected chi connectivity index (χ1v) is 7.50. The van der Waals surface area contributed by atoms with Crippen LogP contribution in [0.25, 0.3) is 0 Å². The van der Waals surface area contributed by atoms with Crippen LogP contribution in [0.1, 0.15) is 37.7 Å². The highest BCUT2D eigenvalue weighted by Crippen LogP contribution is 2.57. The zero-order chi connectivity index (χ0) is 12.8. The molecular weight excluding hydrogens is 267 g/mol. The molecule has 2 unspecified atom stereocenters. The van der Waals surface area contributed by atoms with E-state index >= 15 is 0 Å². The van der Waals surface area contributed by atoms with Gasteiger partial charge in [-0.1, -0.05) is 30.5 Å². The summed E-state index contributed by atoms with van der Waals surface area (Å²) in [5.41, 5.74) is 1.38. The van der Waals surface area contributed by atoms with Crippen molar-refractivity contribution in [2.75, 3.05) is 0 Å². The summed E-state index contributed by atoms with van der Waals surface area (Å²) in [5.74, 6) is 0.808. The lowest BCUT2D eigenvalue weighted by Gasteiger charge is -2.51. The van der Waals surface area contributed by atoms with Crippen molar-refractivity contribution < 1.29 is 4.74 Å². The second-order valence-electron chi connectivity index (χ2n) is 5.68. The van der Waals surface area contributed by atoms with Gasteiger partial charge in [0.05, 0.1) is 5.02 Å². The smallest absolute Gasteiger partial charge is 0.138 e. The Morgan fingerprint density at radius 1 is 1.28 bits per heavy atom. The molecule has 2 saturated carbocycles. The van der Waals surface area contributed by atoms with Crippen molar-refractivity contribution in [1.82, 2.24) is 0 Å². The van der Waals surface area contributed by atoms with Crippen LogP contribution in [-0.4, -0.2) is 11.5 Å². The molecule has 0 bridgehead atoms. The molecule has 1 nitrogen and oxygen atoms in total. The van der Waals surface area contributed by atoms with Crippen molar-refractivity contribution in [3.05, 3.63) is 28.8 Å². The quantitative estimate of drug-likeness (QED) is 0.697. The van der Waals surface area contributed by atoms with Crippen LogP contribution in [0.15, 0.2) is 18.2 Å². The molecule has 0 radical (unpaired) electrons. The highest BCUT2D eigenvalue weighted by Gasteiger charge is 2.57. The Balaban J connectivity index is 1.77. The van der Waals surface area contributed by atoms with E-state index in [2.05, 4.69) is 0 Å². The average molecular weight is 285 g/mol. The minimum atomic E-state index is 0.218. The fraction of sp³-hybridized carbons (Fsp3) is 0.600. The third-order valence-corrected chi connectivity index (χ3v) is 5.49. The van der Waals surface area contributed by atoms with Crippen LogP contribution in [0.5, 0.6) is 5.75 Å². The molecular formula is C15H18Cl2O. The first-order chi connectivity index (χ1) is 8.62. The first kappa shape index (κ1) is 12.6. The van der Waals surface area contributed by atoms with Crippen LogP contribution < -0.4 is 4.74 Å². The molecule has 0 aliphatic heterocycles. The molecule has 2 fully saturated rings. The molecule has 2 atom stereocenters. The van der Waals surface area contributed by atoms with Crippen LogP contribution >= 0.6 is 23.2 Å². The number of ether oxygens (including phenoxy) is 1. The molecule has 0 heterocycles. The SMILES string of the molecule is Cc1ccc(OC2CC(Cl)C23CCCC3)c(Cl)c1. The summed E-state index contributed by atoms with van der Waals surface area (Å²) in [7, 11) is 0. The first-order valence-electron chi connectivity index (χ1n) is 6.69. The summed E-state index contributed by atoms with van der Waals surface area (Å²) in [6.45, 7) is 2.03. The van der Waals surface area contributed by atoms with E-state index in [0.717, 1.165) is 17.7 Å². The third-order valence-electron chi connectivity index (χ3n) is 4.58. The summed E-state index contributed by atoms with van der Waals surface area (Å²) in [5, 5.41) is 0.996. The van der Waals surface area contributed by atoms with Crippen LogP contribution in [0, 0.1) is 12.3 Å². The van der Waals surface area contributed by atoms with E-state index in [1.165, 1.54) is 25.7 Å². The lowest BCUT2D eigenvalue weighted by Crippen LogP contribution is -2.55. The molecule has 3 rings (SSSR count). The summed E-state index contributed by atoms with van der Waals surface area (Å²) in [6.07, 6.45) is 6.17. The van der Waals surface area contributed by atoms with Crippen LogP contribution in [0.3, 0.4) is 0 Å². The van der Waals surface area contributed by atoms with E-state index in [1.807, 2.05) is 25.1 Å². The summed E-state index contributed by atoms with van der Waals surface area (Å²) in [4.78, 5) is 0. The molecule has 2 aliphatic rings. The molecule has 3 heteroatoms. The molecule has 1 aromatic carbocycles. The summed E-state index contributed by atoms with van der Waals surface area (Å²) >= 11 is 12.7. The number of benzene rings is 1. The number of alkyl halides is 1. The Morgan fingerprint density at radius 2 is 2.00 bits per heavy atom. The number of halogens is 2. The minimum absolute atomic E-state index is 0.218. The highest BCUT2D eigenvalue weighted by atomic mass is 35.5. The van der Waals surface area contributed by atoms with Gasteiger partial charge in [0.2, 0.25) is 0 Å². The van der Waals surface area contributed by atoms with E-state index in [0.29, 0.717) is 5.02 Å².